The van der Waals surface area contributed by atoms with Crippen molar-refractivity contribution in [2.24, 2.45) is 0 Å². The quantitative estimate of drug-likeness (QED) is 0.434. The van der Waals surface area contributed by atoms with Crippen LogP contribution < -0.4 is 0 Å². The summed E-state index contributed by atoms with van der Waals surface area (Å²) in [6, 6.07) is 13.4. The third-order valence-corrected chi connectivity index (χ3v) is 8.74. The predicted molar refractivity (Wildman–Crippen MR) is 107 cm³/mol. The number of rotatable bonds is 5. The van der Waals surface area contributed by atoms with Gasteiger partial charge in [-0.1, -0.05) is 41.9 Å². The Bertz CT molecular complexity index is 1060. The number of hydrogen-bond acceptors (Lipinski definition) is 4. The van der Waals surface area contributed by atoms with Crippen LogP contribution in [0.3, 0.4) is 0 Å². The van der Waals surface area contributed by atoms with Gasteiger partial charge in [0.15, 0.2) is 5.40 Å². The fourth-order valence-electron chi connectivity index (χ4n) is 2.56. The number of halogens is 1. The monoisotopic (exact) mass is 445 g/mol. The molecule has 0 saturated carbocycles. The molecule has 3 rings (SSSR count). The maximum absolute atomic E-state index is 12.0. The third kappa shape index (κ3) is 4.57. The molecule has 0 atom stereocenters. The van der Waals surface area contributed by atoms with Gasteiger partial charge in [0, 0.05) is 10.6 Å². The zero-order valence-corrected chi connectivity index (χ0v) is 16.9. The van der Waals surface area contributed by atoms with Crippen LogP contribution >= 0.6 is 38.1 Å². The van der Waals surface area contributed by atoms with Crippen molar-refractivity contribution in [3.8, 4) is 0 Å². The summed E-state index contributed by atoms with van der Waals surface area (Å²) in [5.41, 5.74) is 0.657. The standard InChI is InChI=1S/C16H14ClNO6P2S/c17-12-6-2-1-5-10(12)9-11(16(25(19,20)21)26(22,23)24)15-18-13-7-3-4-8-14(13)27-15/h1-9,16H,(H2,19,20,21)(H2,22,23,24)/b11-9+. The lowest BCUT2D eigenvalue weighted by Crippen LogP contribution is -2.12. The van der Waals surface area contributed by atoms with E-state index in [-0.39, 0.29) is 15.6 Å². The van der Waals surface area contributed by atoms with Gasteiger partial charge in [-0.25, -0.2) is 4.98 Å². The van der Waals surface area contributed by atoms with E-state index in [0.29, 0.717) is 15.8 Å². The van der Waals surface area contributed by atoms with Crippen LogP contribution in [0.25, 0.3) is 21.9 Å². The topological polar surface area (TPSA) is 128 Å². The molecule has 4 N–H and O–H groups in total. The van der Waals surface area contributed by atoms with E-state index < -0.39 is 20.6 Å². The number of hydrogen-bond donors (Lipinski definition) is 4. The van der Waals surface area contributed by atoms with Gasteiger partial charge in [0.25, 0.3) is 0 Å². The average Bonchev–Trinajstić information content (AvgIpc) is 2.97. The summed E-state index contributed by atoms with van der Waals surface area (Å²) in [6.07, 6.45) is 1.27. The number of thiazole rings is 1. The Labute approximate surface area is 163 Å². The molecule has 1 aromatic heterocycles. The highest BCUT2D eigenvalue weighted by Crippen LogP contribution is 2.65. The summed E-state index contributed by atoms with van der Waals surface area (Å²) in [4.78, 5) is 43.1. The van der Waals surface area contributed by atoms with E-state index in [2.05, 4.69) is 4.98 Å². The predicted octanol–water partition coefficient (Wildman–Crippen LogP) is 4.17. The molecule has 0 spiro atoms. The Morgan fingerprint density at radius 2 is 1.59 bits per heavy atom. The first-order valence-electron chi connectivity index (χ1n) is 7.50. The highest BCUT2D eigenvalue weighted by molar-refractivity contribution is 7.72. The van der Waals surface area contributed by atoms with Crippen LogP contribution in [-0.4, -0.2) is 30.0 Å². The van der Waals surface area contributed by atoms with Crippen molar-refractivity contribution in [1.82, 2.24) is 4.98 Å². The number of fused-ring (bicyclic) bond motifs is 1. The lowest BCUT2D eigenvalue weighted by atomic mass is 10.1. The van der Waals surface area contributed by atoms with Gasteiger partial charge in [0.2, 0.25) is 0 Å². The van der Waals surface area contributed by atoms with Crippen molar-refractivity contribution in [1.29, 1.82) is 0 Å². The molecule has 0 saturated heterocycles. The molecule has 3 aromatic rings. The molecule has 7 nitrogen and oxygen atoms in total. The van der Waals surface area contributed by atoms with E-state index in [1.165, 1.54) is 6.08 Å². The van der Waals surface area contributed by atoms with E-state index in [4.69, 9.17) is 11.6 Å². The molecule has 0 aliphatic carbocycles. The summed E-state index contributed by atoms with van der Waals surface area (Å²) in [7, 11) is -10.4. The Balaban J connectivity index is 2.30. The first kappa shape index (κ1) is 20.4. The minimum absolute atomic E-state index is 0.104. The van der Waals surface area contributed by atoms with Crippen LogP contribution in [0.1, 0.15) is 10.6 Å². The smallest absolute Gasteiger partial charge is 0.324 e. The van der Waals surface area contributed by atoms with Gasteiger partial charge >= 0.3 is 15.2 Å². The van der Waals surface area contributed by atoms with Gasteiger partial charge in [0.05, 0.1) is 10.2 Å². The Kier molecular flexibility index (Phi) is 5.73. The van der Waals surface area contributed by atoms with Crippen molar-refractivity contribution >= 4 is 60.0 Å². The maximum Gasteiger partial charge on any atom is 0.345 e. The van der Waals surface area contributed by atoms with Gasteiger partial charge in [-0.3, -0.25) is 9.13 Å². The van der Waals surface area contributed by atoms with Crippen LogP contribution in [0, 0.1) is 0 Å². The molecule has 142 valence electrons. The minimum atomic E-state index is -5.22. The summed E-state index contributed by atoms with van der Waals surface area (Å²) >= 11 is 7.20. The number of para-hydroxylation sites is 1. The van der Waals surface area contributed by atoms with Gasteiger partial charge in [0.1, 0.15) is 5.01 Å². The number of nitrogens with zero attached hydrogens (tertiary/aromatic N) is 1. The molecule has 1 heterocycles. The molecular formula is C16H14ClNO6P2S. The van der Waals surface area contributed by atoms with Crippen molar-refractivity contribution in [2.45, 2.75) is 5.40 Å². The van der Waals surface area contributed by atoms with E-state index in [1.807, 2.05) is 0 Å². The summed E-state index contributed by atoms with van der Waals surface area (Å²) in [5, 5.41) is -1.97. The van der Waals surface area contributed by atoms with Crippen LogP contribution in [0.15, 0.2) is 48.5 Å². The molecule has 0 unspecified atom stereocenters. The first-order chi connectivity index (χ1) is 12.6. The highest BCUT2D eigenvalue weighted by Gasteiger charge is 2.47. The molecule has 0 bridgehead atoms. The number of benzene rings is 2. The fourth-order valence-corrected chi connectivity index (χ4v) is 6.62. The minimum Gasteiger partial charge on any atom is -0.324 e. The summed E-state index contributed by atoms with van der Waals surface area (Å²) in [5.74, 6) is 0. The van der Waals surface area contributed by atoms with Crippen molar-refractivity contribution in [3.05, 3.63) is 64.1 Å². The van der Waals surface area contributed by atoms with Crippen LogP contribution in [0.2, 0.25) is 5.02 Å². The van der Waals surface area contributed by atoms with Crippen molar-refractivity contribution in [3.63, 3.8) is 0 Å². The lowest BCUT2D eigenvalue weighted by Gasteiger charge is -2.21. The Morgan fingerprint density at radius 1 is 1.00 bits per heavy atom. The zero-order valence-electron chi connectivity index (χ0n) is 13.5. The molecule has 11 heteroatoms. The molecule has 0 aliphatic rings. The maximum atomic E-state index is 12.0. The lowest BCUT2D eigenvalue weighted by molar-refractivity contribution is 0.348. The van der Waals surface area contributed by atoms with Gasteiger partial charge in [-0.15, -0.1) is 11.3 Å². The molecule has 0 radical (unpaired) electrons. The normalized spacial score (nSPS) is 13.5. The molecule has 0 amide bonds. The molecule has 27 heavy (non-hydrogen) atoms. The van der Waals surface area contributed by atoms with Crippen LogP contribution in [0.5, 0.6) is 0 Å². The van der Waals surface area contributed by atoms with Gasteiger partial charge in [-0.05, 0) is 29.8 Å². The van der Waals surface area contributed by atoms with Crippen molar-refractivity contribution in [2.75, 3.05) is 0 Å². The number of aromatic nitrogens is 1. The molecule has 2 aromatic carbocycles. The fraction of sp³-hybridized carbons (Fsp3) is 0.0625. The van der Waals surface area contributed by atoms with Crippen LogP contribution in [0.4, 0.5) is 0 Å². The van der Waals surface area contributed by atoms with E-state index in [1.54, 1.807) is 48.5 Å². The second-order valence-electron chi connectivity index (χ2n) is 5.66. The zero-order chi connectivity index (χ0) is 19.8. The van der Waals surface area contributed by atoms with Gasteiger partial charge in [-0.2, -0.15) is 0 Å². The molecule has 0 aliphatic heterocycles. The Hall–Kier alpha value is -1.34. The van der Waals surface area contributed by atoms with E-state index in [0.717, 1.165) is 11.3 Å². The first-order valence-corrected chi connectivity index (χ1v) is 12.1. The molecular weight excluding hydrogens is 432 g/mol. The van der Waals surface area contributed by atoms with Gasteiger partial charge < -0.3 is 19.6 Å². The van der Waals surface area contributed by atoms with Crippen LogP contribution in [-0.2, 0) is 9.13 Å². The highest BCUT2D eigenvalue weighted by atomic mass is 35.5. The number of allylic oxidation sites excluding steroid dienone is 1. The summed E-state index contributed by atoms with van der Waals surface area (Å²) in [6.45, 7) is 0. The third-order valence-electron chi connectivity index (χ3n) is 3.67. The Morgan fingerprint density at radius 3 is 2.19 bits per heavy atom. The molecule has 0 fully saturated rings. The van der Waals surface area contributed by atoms with Crippen molar-refractivity contribution < 1.29 is 28.7 Å². The van der Waals surface area contributed by atoms with E-state index in [9.17, 15) is 28.7 Å². The second-order valence-corrected chi connectivity index (χ2v) is 10.9. The SMILES string of the molecule is O=P(O)(O)C(/C(=C/c1ccccc1Cl)c1nc2ccccc2s1)P(=O)(O)O. The average molecular weight is 446 g/mol. The summed E-state index contributed by atoms with van der Waals surface area (Å²) < 4.78 is 24.7. The second kappa shape index (κ2) is 7.59. The largest absolute Gasteiger partial charge is 0.345 e. The van der Waals surface area contributed by atoms with E-state index >= 15 is 0 Å².